The van der Waals surface area contributed by atoms with E-state index >= 15 is 0 Å². The molecular weight excluding hydrogens is 452 g/mol. The first-order chi connectivity index (χ1) is 16.3. The quantitative estimate of drug-likeness (QED) is 0.412. The molecule has 0 atom stereocenters. The molecule has 1 N–H and O–H groups in total. The summed E-state index contributed by atoms with van der Waals surface area (Å²) in [6, 6.07) is 11.2. The van der Waals surface area contributed by atoms with Crippen LogP contribution in [0.1, 0.15) is 33.1 Å². The van der Waals surface area contributed by atoms with Crippen LogP contribution in [-0.2, 0) is 13.6 Å². The Hall–Kier alpha value is -3.98. The zero-order valence-electron chi connectivity index (χ0n) is 19.2. The molecule has 4 aromatic heterocycles. The Morgan fingerprint density at radius 3 is 2.53 bits per heavy atom. The van der Waals surface area contributed by atoms with Crippen LogP contribution in [0.5, 0.6) is 0 Å². The number of fused-ring (bicyclic) bond motifs is 1. The molecule has 4 heterocycles. The molecule has 0 aliphatic heterocycles. The molecule has 9 nitrogen and oxygen atoms in total. The molecule has 0 saturated carbocycles. The van der Waals surface area contributed by atoms with Gasteiger partial charge >= 0.3 is 0 Å². The van der Waals surface area contributed by atoms with Crippen molar-refractivity contribution in [2.24, 2.45) is 7.05 Å². The van der Waals surface area contributed by atoms with E-state index in [1.165, 1.54) is 0 Å². The summed E-state index contributed by atoms with van der Waals surface area (Å²) >= 11 is 5.99. The number of nitrogens with zero attached hydrogens (tertiary/aromatic N) is 7. The number of aryl methyl sites for hydroxylation is 2. The lowest BCUT2D eigenvalue weighted by Crippen LogP contribution is -2.14. The van der Waals surface area contributed by atoms with Crippen LogP contribution >= 0.6 is 11.6 Å². The molecule has 34 heavy (non-hydrogen) atoms. The van der Waals surface area contributed by atoms with Gasteiger partial charge in [0.05, 0.1) is 35.5 Å². The van der Waals surface area contributed by atoms with Crippen LogP contribution in [0.2, 0.25) is 5.02 Å². The van der Waals surface area contributed by atoms with E-state index in [-0.39, 0.29) is 11.6 Å². The molecule has 0 aliphatic rings. The first-order valence-corrected chi connectivity index (χ1v) is 11.1. The number of anilines is 1. The van der Waals surface area contributed by atoms with Gasteiger partial charge in [-0.05, 0) is 44.5 Å². The van der Waals surface area contributed by atoms with Gasteiger partial charge < -0.3 is 5.32 Å². The number of aromatic nitrogens is 7. The summed E-state index contributed by atoms with van der Waals surface area (Å²) in [7, 11) is 1.89. The second-order valence-corrected chi connectivity index (χ2v) is 8.62. The maximum absolute atomic E-state index is 13.1. The number of benzene rings is 1. The van der Waals surface area contributed by atoms with Crippen molar-refractivity contribution in [1.82, 2.24) is 34.2 Å². The summed E-state index contributed by atoms with van der Waals surface area (Å²) < 4.78 is 5.33. The zero-order chi connectivity index (χ0) is 24.0. The minimum atomic E-state index is -0.323. The van der Waals surface area contributed by atoms with Crippen molar-refractivity contribution in [3.8, 4) is 11.3 Å². The zero-order valence-corrected chi connectivity index (χ0v) is 20.0. The monoisotopic (exact) mass is 474 g/mol. The van der Waals surface area contributed by atoms with Gasteiger partial charge in [0.1, 0.15) is 0 Å². The Labute approximate surface area is 201 Å². The smallest absolute Gasteiger partial charge is 0.276 e. The van der Waals surface area contributed by atoms with Gasteiger partial charge in [-0.1, -0.05) is 23.7 Å². The molecule has 0 aliphatic carbocycles. The molecule has 10 heteroatoms. The van der Waals surface area contributed by atoms with Crippen LogP contribution in [0.3, 0.4) is 0 Å². The first-order valence-electron chi connectivity index (χ1n) is 10.8. The fraction of sp³-hybridized carbons (Fsp3) is 0.208. The van der Waals surface area contributed by atoms with Crippen molar-refractivity contribution in [3.63, 3.8) is 0 Å². The second-order valence-electron chi connectivity index (χ2n) is 8.18. The van der Waals surface area contributed by atoms with Gasteiger partial charge in [-0.3, -0.25) is 14.2 Å². The number of amides is 1. The predicted octanol–water partition coefficient (Wildman–Crippen LogP) is 4.21. The number of carbonyl (C=O) groups excluding carboxylic acids is 1. The molecule has 1 amide bonds. The molecule has 5 rings (SSSR count). The summed E-state index contributed by atoms with van der Waals surface area (Å²) in [6.45, 7) is 6.36. The lowest BCUT2D eigenvalue weighted by atomic mass is 10.2. The molecule has 0 radical (unpaired) electrons. The van der Waals surface area contributed by atoms with Gasteiger partial charge in [0, 0.05) is 35.6 Å². The fourth-order valence-electron chi connectivity index (χ4n) is 3.93. The summed E-state index contributed by atoms with van der Waals surface area (Å²) in [6.07, 6.45) is 3.49. The molecule has 1 aromatic carbocycles. The van der Waals surface area contributed by atoms with Gasteiger partial charge in [0.2, 0.25) is 0 Å². The van der Waals surface area contributed by atoms with Crippen LogP contribution in [0.15, 0.2) is 48.8 Å². The average molecular weight is 475 g/mol. The Morgan fingerprint density at radius 2 is 1.82 bits per heavy atom. The van der Waals surface area contributed by atoms with Gasteiger partial charge in [0.15, 0.2) is 11.3 Å². The Balaban J connectivity index is 1.43. The van der Waals surface area contributed by atoms with Crippen molar-refractivity contribution in [1.29, 1.82) is 0 Å². The number of hydrogen-bond donors (Lipinski definition) is 1. The van der Waals surface area contributed by atoms with Crippen LogP contribution in [0.4, 0.5) is 5.69 Å². The van der Waals surface area contributed by atoms with E-state index in [0.29, 0.717) is 22.9 Å². The molecule has 0 unspecified atom stereocenters. The van der Waals surface area contributed by atoms with E-state index in [9.17, 15) is 4.79 Å². The highest BCUT2D eigenvalue weighted by Gasteiger charge is 2.19. The average Bonchev–Trinajstić information content (AvgIpc) is 3.48. The standard InChI is InChI=1S/C24H23ClN8O/c1-14-23(16(3)32(29-14)13-17-5-7-18(25)8-6-17)28-24(34)20-11-22-26-10-9-21(33(22)30-20)19-12-27-31(4)15(19)2/h5-12H,13H2,1-4H3,(H,28,34). The third kappa shape index (κ3) is 3.84. The number of halogens is 1. The topological polar surface area (TPSA) is 94.9 Å². The number of rotatable bonds is 5. The maximum atomic E-state index is 13.1. The van der Waals surface area contributed by atoms with Gasteiger partial charge in [-0.2, -0.15) is 15.3 Å². The van der Waals surface area contributed by atoms with Crippen molar-refractivity contribution < 1.29 is 4.79 Å². The predicted molar refractivity (Wildman–Crippen MR) is 130 cm³/mol. The van der Waals surface area contributed by atoms with Crippen molar-refractivity contribution in [3.05, 3.63) is 82.2 Å². The van der Waals surface area contributed by atoms with E-state index in [1.54, 1.807) is 27.7 Å². The lowest BCUT2D eigenvalue weighted by Gasteiger charge is -2.07. The number of hydrogen-bond acceptors (Lipinski definition) is 5. The first kappa shape index (κ1) is 21.8. The minimum absolute atomic E-state index is 0.269. The largest absolute Gasteiger partial charge is 0.317 e. The third-order valence-corrected chi connectivity index (χ3v) is 6.22. The highest BCUT2D eigenvalue weighted by atomic mass is 35.5. The second kappa shape index (κ2) is 8.42. The molecule has 0 saturated heterocycles. The number of carbonyl (C=O) groups is 1. The summed E-state index contributed by atoms with van der Waals surface area (Å²) in [5.74, 6) is -0.323. The lowest BCUT2D eigenvalue weighted by molar-refractivity contribution is 0.102. The van der Waals surface area contributed by atoms with Crippen molar-refractivity contribution in [2.75, 3.05) is 5.32 Å². The van der Waals surface area contributed by atoms with Crippen molar-refractivity contribution >= 4 is 28.8 Å². The summed E-state index contributed by atoms with van der Waals surface area (Å²) in [4.78, 5) is 17.5. The van der Waals surface area contributed by atoms with E-state index in [1.807, 2.05) is 62.8 Å². The van der Waals surface area contributed by atoms with Crippen LogP contribution in [0.25, 0.3) is 16.9 Å². The van der Waals surface area contributed by atoms with E-state index in [0.717, 1.165) is 33.9 Å². The van der Waals surface area contributed by atoms with Crippen molar-refractivity contribution in [2.45, 2.75) is 27.3 Å². The Morgan fingerprint density at radius 1 is 1.06 bits per heavy atom. The number of nitrogens with one attached hydrogen (secondary N) is 1. The maximum Gasteiger partial charge on any atom is 0.276 e. The van der Waals surface area contributed by atoms with Crippen LogP contribution < -0.4 is 5.32 Å². The van der Waals surface area contributed by atoms with Gasteiger partial charge in [-0.15, -0.1) is 0 Å². The highest BCUT2D eigenvalue weighted by Crippen LogP contribution is 2.25. The Bertz CT molecular complexity index is 1530. The SMILES string of the molecule is Cc1nn(Cc2ccc(Cl)cc2)c(C)c1NC(=O)c1cc2nccc(-c3cnn(C)c3C)n2n1. The molecule has 0 fully saturated rings. The fourth-order valence-corrected chi connectivity index (χ4v) is 4.06. The molecule has 0 bridgehead atoms. The van der Waals surface area contributed by atoms with E-state index in [4.69, 9.17) is 11.6 Å². The molecule has 5 aromatic rings. The summed E-state index contributed by atoms with van der Waals surface area (Å²) in [5, 5.41) is 17.1. The molecular formula is C24H23ClN8O. The van der Waals surface area contributed by atoms with E-state index in [2.05, 4.69) is 25.6 Å². The van der Waals surface area contributed by atoms with Gasteiger partial charge in [0.25, 0.3) is 5.91 Å². The molecule has 172 valence electrons. The van der Waals surface area contributed by atoms with Gasteiger partial charge in [-0.25, -0.2) is 9.50 Å². The highest BCUT2D eigenvalue weighted by molar-refractivity contribution is 6.30. The molecule has 0 spiro atoms. The normalized spacial score (nSPS) is 11.3. The summed E-state index contributed by atoms with van der Waals surface area (Å²) in [5.41, 5.74) is 6.92. The van der Waals surface area contributed by atoms with Crippen LogP contribution in [-0.4, -0.2) is 40.1 Å². The van der Waals surface area contributed by atoms with E-state index < -0.39 is 0 Å². The Kier molecular flexibility index (Phi) is 5.41. The van der Waals surface area contributed by atoms with Crippen LogP contribution in [0, 0.1) is 20.8 Å². The third-order valence-electron chi connectivity index (χ3n) is 5.97. The minimum Gasteiger partial charge on any atom is -0.317 e.